The Morgan fingerprint density at radius 3 is 1.41 bits per heavy atom. The van der Waals surface area contributed by atoms with E-state index in [-0.39, 0.29) is 0 Å². The standard InChI is InChI=1S/2C8H7N.C7H6N2.C7H8N2.4C5H12/c2*1-2-4-8-7(3-1)5-6-9-8;1-2-4-9-6-8-5-7(9)3-1;1-2-4-7-6(3-1)5-8-9-7;4*1-5(2,3)4/h2*1-4,6H,5H2;1-6H;1-7,9H;4*1-4H3. The highest BCUT2D eigenvalue weighted by molar-refractivity contribution is 5.76. The van der Waals surface area contributed by atoms with E-state index in [1.165, 1.54) is 11.1 Å². The van der Waals surface area contributed by atoms with Crippen LogP contribution in [-0.2, 0) is 12.8 Å². The van der Waals surface area contributed by atoms with Crippen molar-refractivity contribution in [2.24, 2.45) is 42.7 Å². The fourth-order valence-corrected chi connectivity index (χ4v) is 4.08. The minimum atomic E-state index is 0.426. The van der Waals surface area contributed by atoms with Crippen molar-refractivity contribution in [1.82, 2.24) is 14.8 Å². The summed E-state index contributed by atoms with van der Waals surface area (Å²) in [6.07, 6.45) is 21.8. The number of allylic oxidation sites excluding steroid dienone is 2. The van der Waals surface area contributed by atoms with Gasteiger partial charge >= 0.3 is 0 Å². The van der Waals surface area contributed by atoms with E-state index >= 15 is 0 Å². The SMILES string of the molecule is C1=CC2C=NNC2C=C1.C1=Nc2ccccc2C1.C1=Nc2ccccc2C1.CC(C)(C)C.CC(C)(C)C.CC(C)(C)C.CC(C)(C)C.c1ccn2cncc2c1. The lowest BCUT2D eigenvalue weighted by atomic mass is 9.98. The summed E-state index contributed by atoms with van der Waals surface area (Å²) >= 11 is 0. The summed E-state index contributed by atoms with van der Waals surface area (Å²) in [5, 5.41) is 3.95. The van der Waals surface area contributed by atoms with Crippen LogP contribution in [0.1, 0.15) is 122 Å². The zero-order valence-corrected chi connectivity index (χ0v) is 37.9. The summed E-state index contributed by atoms with van der Waals surface area (Å²) in [6, 6.07) is 22.9. The van der Waals surface area contributed by atoms with Crippen LogP contribution in [0.5, 0.6) is 0 Å². The van der Waals surface area contributed by atoms with E-state index in [9.17, 15) is 0 Å². The average Bonchev–Trinajstić information content (AvgIpc) is 3.89. The maximum atomic E-state index is 4.17. The largest absolute Gasteiger partial charge is 0.306 e. The van der Waals surface area contributed by atoms with Gasteiger partial charge in [0.25, 0.3) is 0 Å². The molecule has 6 heteroatoms. The highest BCUT2D eigenvalue weighted by Gasteiger charge is 2.19. The summed E-state index contributed by atoms with van der Waals surface area (Å²) in [5.41, 5.74) is 11.1. The zero-order chi connectivity index (χ0) is 42.4. The number of benzene rings is 2. The highest BCUT2D eigenvalue weighted by atomic mass is 15.3. The molecule has 0 bridgehead atoms. The van der Waals surface area contributed by atoms with Gasteiger partial charge in [-0.2, -0.15) is 5.10 Å². The molecule has 8 rings (SSSR count). The fourth-order valence-electron chi connectivity index (χ4n) is 4.08. The number of hydrogen-bond acceptors (Lipinski definition) is 5. The van der Waals surface area contributed by atoms with Crippen molar-refractivity contribution in [3.8, 4) is 0 Å². The lowest BCUT2D eigenvalue weighted by Gasteiger charge is -2.11. The molecule has 0 saturated heterocycles. The Bertz CT molecular complexity index is 1650. The number of imidazole rings is 1. The van der Waals surface area contributed by atoms with Gasteiger partial charge in [-0.25, -0.2) is 4.98 Å². The van der Waals surface area contributed by atoms with E-state index in [0.29, 0.717) is 33.6 Å². The molecule has 5 heterocycles. The van der Waals surface area contributed by atoms with Gasteiger partial charge in [0.05, 0.1) is 35.5 Å². The Labute approximate surface area is 342 Å². The number of nitrogens with one attached hydrogen (secondary N) is 1. The van der Waals surface area contributed by atoms with Crippen molar-refractivity contribution >= 4 is 35.5 Å². The van der Waals surface area contributed by atoms with Gasteiger partial charge in [0, 0.05) is 43.6 Å². The van der Waals surface area contributed by atoms with Gasteiger partial charge < -0.3 is 9.83 Å². The fraction of sp³-hybridized carbons (Fsp3) is 0.480. The molecule has 4 aromatic rings. The summed E-state index contributed by atoms with van der Waals surface area (Å²) in [4.78, 5) is 12.3. The molecular formula is C50H76N6. The Balaban J connectivity index is 0.000000326. The van der Waals surface area contributed by atoms with E-state index in [0.717, 1.165) is 29.7 Å². The first-order valence-corrected chi connectivity index (χ1v) is 20.1. The molecule has 0 radical (unpaired) electrons. The van der Waals surface area contributed by atoms with Gasteiger partial charge in [-0.05, 0) is 57.1 Å². The van der Waals surface area contributed by atoms with Gasteiger partial charge in [-0.15, -0.1) is 0 Å². The second kappa shape index (κ2) is 24.1. The average molecular weight is 761 g/mol. The van der Waals surface area contributed by atoms with E-state index in [1.54, 1.807) is 6.33 Å². The Morgan fingerprint density at radius 1 is 0.554 bits per heavy atom. The molecule has 1 N–H and O–H groups in total. The number of pyridine rings is 1. The molecule has 1 aliphatic carbocycles. The maximum Gasteiger partial charge on any atom is 0.0991 e. The van der Waals surface area contributed by atoms with E-state index in [4.69, 9.17) is 0 Å². The number of nitrogens with zero attached hydrogens (tertiary/aromatic N) is 5. The molecule has 0 fully saturated rings. The number of para-hydroxylation sites is 2. The lowest BCUT2D eigenvalue weighted by molar-refractivity contribution is 0.469. The number of rotatable bonds is 0. The van der Waals surface area contributed by atoms with Crippen LogP contribution < -0.4 is 5.43 Å². The molecule has 2 atom stereocenters. The van der Waals surface area contributed by atoms with Crippen LogP contribution in [0.4, 0.5) is 11.4 Å². The van der Waals surface area contributed by atoms with Crippen LogP contribution in [0, 0.1) is 27.6 Å². The van der Waals surface area contributed by atoms with Crippen molar-refractivity contribution in [2.75, 3.05) is 0 Å². The Morgan fingerprint density at radius 2 is 0.982 bits per heavy atom. The third-order valence-corrected chi connectivity index (χ3v) is 6.03. The molecule has 4 aliphatic rings. The van der Waals surface area contributed by atoms with Crippen LogP contribution in [0.3, 0.4) is 0 Å². The van der Waals surface area contributed by atoms with Crippen molar-refractivity contribution in [2.45, 2.75) is 130 Å². The highest BCUT2D eigenvalue weighted by Crippen LogP contribution is 2.23. The molecule has 306 valence electrons. The molecule has 0 spiro atoms. The third-order valence-electron chi connectivity index (χ3n) is 6.03. The first-order valence-electron chi connectivity index (χ1n) is 20.1. The van der Waals surface area contributed by atoms with Gasteiger partial charge in [-0.1, -0.05) is 178 Å². The number of hydrogen-bond donors (Lipinski definition) is 1. The molecular weight excluding hydrogens is 685 g/mol. The number of hydrazone groups is 1. The van der Waals surface area contributed by atoms with Crippen LogP contribution in [-0.4, -0.2) is 34.1 Å². The lowest BCUT2D eigenvalue weighted by Crippen LogP contribution is -2.24. The normalized spacial score (nSPS) is 16.2. The van der Waals surface area contributed by atoms with E-state index in [2.05, 4.69) is 167 Å². The van der Waals surface area contributed by atoms with E-state index in [1.807, 2.05) is 96.1 Å². The number of aromatic nitrogens is 2. The first kappa shape index (κ1) is 49.4. The van der Waals surface area contributed by atoms with Gasteiger partial charge in [-0.3, -0.25) is 9.98 Å². The summed E-state index contributed by atoms with van der Waals surface area (Å²) in [5.74, 6) is 0.495. The Kier molecular flexibility index (Phi) is 21.3. The third kappa shape index (κ3) is 28.8. The predicted octanol–water partition coefficient (Wildman–Crippen LogP) is 14.1. The number of fused-ring (bicyclic) bond motifs is 4. The molecule has 2 aromatic heterocycles. The quantitative estimate of drug-likeness (QED) is 0.194. The molecule has 2 aromatic carbocycles. The summed E-state index contributed by atoms with van der Waals surface area (Å²) in [6.45, 7) is 35.0. The van der Waals surface area contributed by atoms with Crippen molar-refractivity contribution in [3.05, 3.63) is 121 Å². The summed E-state index contributed by atoms with van der Waals surface area (Å²) < 4.78 is 1.97. The number of aliphatic imine (C=N–C) groups is 2. The maximum absolute atomic E-state index is 4.17. The minimum Gasteiger partial charge on any atom is -0.306 e. The Hall–Kier alpha value is -4.58. The molecule has 0 amide bonds. The van der Waals surface area contributed by atoms with Crippen LogP contribution in [0.15, 0.2) is 125 Å². The first-order chi connectivity index (χ1) is 25.9. The monoisotopic (exact) mass is 761 g/mol. The minimum absolute atomic E-state index is 0.426. The van der Waals surface area contributed by atoms with Gasteiger partial charge in [0.15, 0.2) is 0 Å². The van der Waals surface area contributed by atoms with Crippen LogP contribution in [0.2, 0.25) is 0 Å². The predicted molar refractivity (Wildman–Crippen MR) is 249 cm³/mol. The second-order valence-corrected chi connectivity index (χ2v) is 20.5. The molecule has 56 heavy (non-hydrogen) atoms. The topological polar surface area (TPSA) is 66.4 Å². The van der Waals surface area contributed by atoms with E-state index < -0.39 is 0 Å². The van der Waals surface area contributed by atoms with Crippen LogP contribution in [0.25, 0.3) is 5.52 Å². The second-order valence-electron chi connectivity index (χ2n) is 20.5. The molecule has 6 nitrogen and oxygen atoms in total. The smallest absolute Gasteiger partial charge is 0.0991 e. The van der Waals surface area contributed by atoms with Crippen molar-refractivity contribution < 1.29 is 0 Å². The molecule has 3 aliphatic heterocycles. The molecule has 0 saturated carbocycles. The molecule has 2 unspecified atom stereocenters. The van der Waals surface area contributed by atoms with Gasteiger partial charge in [0.1, 0.15) is 0 Å². The van der Waals surface area contributed by atoms with Crippen molar-refractivity contribution in [1.29, 1.82) is 0 Å². The van der Waals surface area contributed by atoms with Gasteiger partial charge in [0.2, 0.25) is 0 Å². The summed E-state index contributed by atoms with van der Waals surface area (Å²) in [7, 11) is 0. The van der Waals surface area contributed by atoms with Crippen molar-refractivity contribution in [3.63, 3.8) is 0 Å². The zero-order valence-electron chi connectivity index (χ0n) is 37.9. The van der Waals surface area contributed by atoms with Crippen LogP contribution >= 0.6 is 0 Å².